The molecule has 1 atom stereocenters. The van der Waals surface area contributed by atoms with Crippen LogP contribution in [0, 0.1) is 0 Å². The van der Waals surface area contributed by atoms with Gasteiger partial charge in [0.05, 0.1) is 5.69 Å². The third-order valence-electron chi connectivity index (χ3n) is 2.60. The molecule has 2 rings (SSSR count). The number of thioether (sulfide) groups is 1. The van der Waals surface area contributed by atoms with Crippen LogP contribution in [0.4, 0.5) is 0 Å². The number of hydrogen-bond donors (Lipinski definition) is 0. The van der Waals surface area contributed by atoms with Crippen LogP contribution in [0.15, 0.2) is 0 Å². The van der Waals surface area contributed by atoms with Crippen molar-refractivity contribution in [3.05, 3.63) is 22.2 Å². The molecule has 0 aliphatic carbocycles. The highest BCUT2D eigenvalue weighted by Gasteiger charge is 2.19. The molecule has 0 saturated carbocycles. The Balaban J connectivity index is 2.41. The summed E-state index contributed by atoms with van der Waals surface area (Å²) in [5, 5.41) is 0.662. The van der Waals surface area contributed by atoms with Gasteiger partial charge in [-0.25, -0.2) is 9.97 Å². The Bertz CT molecular complexity index is 354. The van der Waals surface area contributed by atoms with E-state index < -0.39 is 0 Å². The van der Waals surface area contributed by atoms with Crippen molar-refractivity contribution in [3.63, 3.8) is 0 Å². The molecule has 1 aliphatic heterocycles. The van der Waals surface area contributed by atoms with Crippen molar-refractivity contribution in [2.45, 2.75) is 37.7 Å². The van der Waals surface area contributed by atoms with Crippen LogP contribution < -0.4 is 0 Å². The quantitative estimate of drug-likeness (QED) is 0.726. The predicted octanol–water partition coefficient (Wildman–Crippen LogP) is 3.39. The molecule has 0 spiro atoms. The highest BCUT2D eigenvalue weighted by atomic mass is 35.5. The van der Waals surface area contributed by atoms with E-state index in [-0.39, 0.29) is 0 Å². The van der Waals surface area contributed by atoms with Crippen molar-refractivity contribution < 1.29 is 0 Å². The van der Waals surface area contributed by atoms with Gasteiger partial charge in [-0.05, 0) is 6.42 Å². The van der Waals surface area contributed by atoms with E-state index in [1.54, 1.807) is 0 Å². The van der Waals surface area contributed by atoms with Crippen LogP contribution in [-0.2, 0) is 11.5 Å². The highest BCUT2D eigenvalue weighted by Crippen LogP contribution is 2.33. The molecule has 76 valence electrons. The van der Waals surface area contributed by atoms with Crippen LogP contribution in [-0.4, -0.2) is 9.97 Å². The molecule has 0 N–H and O–H groups in total. The molecule has 2 heterocycles. The van der Waals surface area contributed by atoms with Gasteiger partial charge >= 0.3 is 0 Å². The Morgan fingerprint density at radius 3 is 2.93 bits per heavy atom. The molecular formula is C10H13ClN2S. The average molecular weight is 229 g/mol. The largest absolute Gasteiger partial charge is 0.236 e. The maximum atomic E-state index is 6.11. The molecule has 0 bridgehead atoms. The van der Waals surface area contributed by atoms with Crippen LogP contribution in [0.25, 0.3) is 0 Å². The van der Waals surface area contributed by atoms with Crippen molar-refractivity contribution in [2.75, 3.05) is 0 Å². The summed E-state index contributed by atoms with van der Waals surface area (Å²) in [6.45, 7) is 4.28. The molecule has 1 aromatic heterocycles. The highest BCUT2D eigenvalue weighted by molar-refractivity contribution is 7.98. The van der Waals surface area contributed by atoms with E-state index in [1.165, 1.54) is 0 Å². The van der Waals surface area contributed by atoms with Crippen molar-refractivity contribution in [3.8, 4) is 0 Å². The molecule has 0 amide bonds. The Hall–Kier alpha value is -0.280. The molecule has 0 radical (unpaired) electrons. The summed E-state index contributed by atoms with van der Waals surface area (Å²) < 4.78 is 0. The van der Waals surface area contributed by atoms with E-state index in [4.69, 9.17) is 11.6 Å². The average Bonchev–Trinajstić information content (AvgIpc) is 2.64. The lowest BCUT2D eigenvalue weighted by Crippen LogP contribution is -2.04. The van der Waals surface area contributed by atoms with Gasteiger partial charge in [0.25, 0.3) is 0 Å². The zero-order valence-electron chi connectivity index (χ0n) is 8.38. The lowest BCUT2D eigenvalue weighted by molar-refractivity contribution is 0.673. The first-order valence-electron chi connectivity index (χ1n) is 4.85. The maximum absolute atomic E-state index is 6.11. The molecule has 2 nitrogen and oxygen atoms in total. The summed E-state index contributed by atoms with van der Waals surface area (Å²) in [6, 6.07) is 0. The number of fused-ring (bicyclic) bond motifs is 1. The fourth-order valence-corrected chi connectivity index (χ4v) is 2.82. The Labute approximate surface area is 93.5 Å². The standard InChI is InChI=1S/C10H13ClN2S/c1-3-6(2)10-12-8-5-14-4-7(8)9(11)13-10/h6H,3-5H2,1-2H3. The lowest BCUT2D eigenvalue weighted by Gasteiger charge is -2.09. The topological polar surface area (TPSA) is 25.8 Å². The predicted molar refractivity (Wildman–Crippen MR) is 60.7 cm³/mol. The first-order valence-corrected chi connectivity index (χ1v) is 6.38. The summed E-state index contributed by atoms with van der Waals surface area (Å²) >= 11 is 7.97. The van der Waals surface area contributed by atoms with Crippen LogP contribution in [0.1, 0.15) is 43.3 Å². The molecule has 0 fully saturated rings. The van der Waals surface area contributed by atoms with Crippen molar-refractivity contribution >= 4 is 23.4 Å². The number of hydrogen-bond acceptors (Lipinski definition) is 3. The van der Waals surface area contributed by atoms with Gasteiger partial charge in [-0.2, -0.15) is 11.8 Å². The van der Waals surface area contributed by atoms with Gasteiger partial charge in [0.2, 0.25) is 0 Å². The minimum atomic E-state index is 0.406. The SMILES string of the molecule is CCC(C)c1nc(Cl)c2c(n1)CSC2. The normalized spacial score (nSPS) is 16.8. The molecule has 4 heteroatoms. The zero-order chi connectivity index (χ0) is 10.1. The minimum Gasteiger partial charge on any atom is -0.236 e. The fraction of sp³-hybridized carbons (Fsp3) is 0.600. The summed E-state index contributed by atoms with van der Waals surface area (Å²) in [5.74, 6) is 3.26. The third kappa shape index (κ3) is 1.75. The van der Waals surface area contributed by atoms with Gasteiger partial charge in [0.15, 0.2) is 0 Å². The van der Waals surface area contributed by atoms with E-state index in [2.05, 4.69) is 23.8 Å². The van der Waals surface area contributed by atoms with Gasteiger partial charge < -0.3 is 0 Å². The summed E-state index contributed by atoms with van der Waals surface area (Å²) in [7, 11) is 0. The number of aromatic nitrogens is 2. The second-order valence-electron chi connectivity index (χ2n) is 3.60. The molecular weight excluding hydrogens is 216 g/mol. The van der Waals surface area contributed by atoms with E-state index in [9.17, 15) is 0 Å². The molecule has 1 aromatic rings. The second-order valence-corrected chi connectivity index (χ2v) is 4.94. The van der Waals surface area contributed by atoms with Gasteiger partial charge in [0, 0.05) is 23.0 Å². The van der Waals surface area contributed by atoms with E-state index in [0.29, 0.717) is 11.1 Å². The van der Waals surface area contributed by atoms with Gasteiger partial charge in [-0.1, -0.05) is 25.4 Å². The fourth-order valence-electron chi connectivity index (χ4n) is 1.43. The van der Waals surface area contributed by atoms with Crippen molar-refractivity contribution in [1.29, 1.82) is 0 Å². The minimum absolute atomic E-state index is 0.406. The summed E-state index contributed by atoms with van der Waals surface area (Å²) in [4.78, 5) is 8.93. The van der Waals surface area contributed by atoms with Crippen molar-refractivity contribution in [1.82, 2.24) is 9.97 Å². The summed E-state index contributed by atoms with van der Waals surface area (Å²) in [5.41, 5.74) is 2.29. The van der Waals surface area contributed by atoms with Crippen LogP contribution in [0.3, 0.4) is 0 Å². The zero-order valence-corrected chi connectivity index (χ0v) is 9.95. The third-order valence-corrected chi connectivity index (χ3v) is 3.88. The van der Waals surface area contributed by atoms with E-state index in [1.807, 2.05) is 11.8 Å². The maximum Gasteiger partial charge on any atom is 0.137 e. The second kappa shape index (κ2) is 4.07. The Morgan fingerprint density at radius 2 is 2.21 bits per heavy atom. The molecule has 0 saturated heterocycles. The number of halogens is 1. The first-order chi connectivity index (χ1) is 6.72. The molecule has 1 unspecified atom stereocenters. The Morgan fingerprint density at radius 1 is 1.43 bits per heavy atom. The van der Waals surface area contributed by atoms with Gasteiger partial charge in [-0.15, -0.1) is 0 Å². The van der Waals surface area contributed by atoms with Gasteiger partial charge in [-0.3, -0.25) is 0 Å². The first kappa shape index (κ1) is 10.2. The monoisotopic (exact) mass is 228 g/mol. The number of rotatable bonds is 2. The number of nitrogens with zero attached hydrogens (tertiary/aromatic N) is 2. The van der Waals surface area contributed by atoms with Gasteiger partial charge in [0.1, 0.15) is 11.0 Å². The molecule has 0 aromatic carbocycles. The van der Waals surface area contributed by atoms with Crippen LogP contribution >= 0.6 is 23.4 Å². The van der Waals surface area contributed by atoms with E-state index in [0.717, 1.165) is 35.0 Å². The molecule has 14 heavy (non-hydrogen) atoms. The summed E-state index contributed by atoms with van der Waals surface area (Å²) in [6.07, 6.45) is 1.06. The van der Waals surface area contributed by atoms with Crippen LogP contribution in [0.2, 0.25) is 5.15 Å². The Kier molecular flexibility index (Phi) is 2.98. The molecule has 1 aliphatic rings. The lowest BCUT2D eigenvalue weighted by atomic mass is 10.1. The van der Waals surface area contributed by atoms with E-state index >= 15 is 0 Å². The van der Waals surface area contributed by atoms with Crippen LogP contribution in [0.5, 0.6) is 0 Å². The van der Waals surface area contributed by atoms with Crippen molar-refractivity contribution in [2.24, 2.45) is 0 Å². The smallest absolute Gasteiger partial charge is 0.137 e.